The lowest BCUT2D eigenvalue weighted by molar-refractivity contribution is 0.0724. The molecule has 1 fully saturated rings. The Morgan fingerprint density at radius 1 is 1.28 bits per heavy atom. The molecule has 4 rings (SSSR count). The maximum Gasteiger partial charge on any atom is 0.274 e. The number of rotatable bonds is 6. The van der Waals surface area contributed by atoms with Crippen LogP contribution in [0.25, 0.3) is 5.65 Å². The van der Waals surface area contributed by atoms with Gasteiger partial charge in [0.2, 0.25) is 0 Å². The summed E-state index contributed by atoms with van der Waals surface area (Å²) in [6, 6.07) is 12.2. The highest BCUT2D eigenvalue weighted by atomic mass is 16.2. The van der Waals surface area contributed by atoms with Crippen LogP contribution >= 0.6 is 0 Å². The van der Waals surface area contributed by atoms with Crippen molar-refractivity contribution in [3.05, 3.63) is 65.6 Å². The van der Waals surface area contributed by atoms with Gasteiger partial charge in [-0.15, -0.1) is 0 Å². The maximum atomic E-state index is 12.8. The number of amides is 1. The number of aryl methyl sites for hydroxylation is 1. The summed E-state index contributed by atoms with van der Waals surface area (Å²) in [4.78, 5) is 21.4. The Hall–Kier alpha value is -2.73. The van der Waals surface area contributed by atoms with Crippen LogP contribution in [0, 0.1) is 12.8 Å². The molecular formula is C23H29N5O. The van der Waals surface area contributed by atoms with Crippen molar-refractivity contribution in [2.75, 3.05) is 33.2 Å². The van der Waals surface area contributed by atoms with E-state index in [1.165, 1.54) is 24.0 Å². The normalized spacial score (nSPS) is 17.5. The van der Waals surface area contributed by atoms with E-state index in [4.69, 9.17) is 0 Å². The van der Waals surface area contributed by atoms with Crippen molar-refractivity contribution in [2.45, 2.75) is 26.2 Å². The molecule has 2 aromatic heterocycles. The summed E-state index contributed by atoms with van der Waals surface area (Å²) in [5.41, 5.74) is 3.96. The van der Waals surface area contributed by atoms with Crippen LogP contribution in [0.1, 0.15) is 34.5 Å². The maximum absolute atomic E-state index is 12.8. The number of carbonyl (C=O) groups is 1. The molecule has 1 amide bonds. The van der Waals surface area contributed by atoms with E-state index < -0.39 is 0 Å². The Balaban J connectivity index is 1.32. The van der Waals surface area contributed by atoms with Gasteiger partial charge in [-0.2, -0.15) is 5.10 Å². The van der Waals surface area contributed by atoms with Crippen LogP contribution in [0.3, 0.4) is 0 Å². The fourth-order valence-corrected chi connectivity index (χ4v) is 4.27. The van der Waals surface area contributed by atoms with E-state index in [-0.39, 0.29) is 5.91 Å². The second-order valence-electron chi connectivity index (χ2n) is 8.12. The van der Waals surface area contributed by atoms with Crippen molar-refractivity contribution in [3.63, 3.8) is 0 Å². The zero-order chi connectivity index (χ0) is 20.2. The van der Waals surface area contributed by atoms with E-state index in [1.54, 1.807) is 16.8 Å². The summed E-state index contributed by atoms with van der Waals surface area (Å²) >= 11 is 0. The van der Waals surface area contributed by atoms with Gasteiger partial charge in [0.1, 0.15) is 0 Å². The average Bonchev–Trinajstić information content (AvgIpc) is 3.17. The van der Waals surface area contributed by atoms with Crippen molar-refractivity contribution in [1.29, 1.82) is 0 Å². The monoisotopic (exact) mass is 391 g/mol. The lowest BCUT2D eigenvalue weighted by atomic mass is 9.96. The highest BCUT2D eigenvalue weighted by Gasteiger charge is 2.24. The highest BCUT2D eigenvalue weighted by molar-refractivity contribution is 5.93. The molecule has 1 atom stereocenters. The van der Waals surface area contributed by atoms with Crippen LogP contribution in [-0.4, -0.2) is 63.5 Å². The molecule has 29 heavy (non-hydrogen) atoms. The Labute approximate surface area is 172 Å². The molecule has 1 aromatic carbocycles. The zero-order valence-corrected chi connectivity index (χ0v) is 17.3. The lowest BCUT2D eigenvalue weighted by Crippen LogP contribution is -2.42. The molecule has 6 heteroatoms. The largest absolute Gasteiger partial charge is 0.340 e. The molecule has 6 nitrogen and oxygen atoms in total. The minimum Gasteiger partial charge on any atom is -0.340 e. The van der Waals surface area contributed by atoms with Gasteiger partial charge in [0.25, 0.3) is 5.91 Å². The molecule has 0 saturated carbocycles. The first-order valence-electron chi connectivity index (χ1n) is 10.4. The number of piperidine rings is 1. The van der Waals surface area contributed by atoms with Crippen LogP contribution < -0.4 is 0 Å². The third kappa shape index (κ3) is 4.65. The molecule has 1 saturated heterocycles. The molecular weight excluding hydrogens is 362 g/mol. The van der Waals surface area contributed by atoms with Gasteiger partial charge < -0.3 is 9.80 Å². The number of likely N-dealkylation sites (tertiary alicyclic amines) is 1. The minimum atomic E-state index is -0.0347. The van der Waals surface area contributed by atoms with Crippen molar-refractivity contribution in [3.8, 4) is 0 Å². The number of hydrogen-bond acceptors (Lipinski definition) is 4. The van der Waals surface area contributed by atoms with Crippen molar-refractivity contribution < 1.29 is 4.79 Å². The number of nitrogens with zero attached hydrogens (tertiary/aromatic N) is 5. The molecule has 3 aromatic rings. The molecule has 3 heterocycles. The first-order valence-corrected chi connectivity index (χ1v) is 10.4. The second-order valence-corrected chi connectivity index (χ2v) is 8.12. The first-order chi connectivity index (χ1) is 14.1. The van der Waals surface area contributed by atoms with Gasteiger partial charge >= 0.3 is 0 Å². The van der Waals surface area contributed by atoms with Gasteiger partial charge in [-0.3, -0.25) is 4.79 Å². The SMILES string of the molecule is Cc1ccccc1CCN1CCCC(CN(C)C(=O)c2cc3ncccn3n2)C1. The molecule has 0 radical (unpaired) electrons. The number of fused-ring (bicyclic) bond motifs is 1. The summed E-state index contributed by atoms with van der Waals surface area (Å²) in [5, 5.41) is 4.37. The Morgan fingerprint density at radius 2 is 2.14 bits per heavy atom. The average molecular weight is 392 g/mol. The predicted octanol–water partition coefficient (Wildman–Crippen LogP) is 3.06. The van der Waals surface area contributed by atoms with Gasteiger partial charge in [-0.1, -0.05) is 24.3 Å². The van der Waals surface area contributed by atoms with Crippen molar-refractivity contribution >= 4 is 11.6 Å². The van der Waals surface area contributed by atoms with Crippen LogP contribution in [0.5, 0.6) is 0 Å². The molecule has 1 aliphatic rings. The molecule has 1 unspecified atom stereocenters. The number of carbonyl (C=O) groups excluding carboxylic acids is 1. The molecule has 1 aliphatic heterocycles. The minimum absolute atomic E-state index is 0.0347. The highest BCUT2D eigenvalue weighted by Crippen LogP contribution is 2.19. The zero-order valence-electron chi connectivity index (χ0n) is 17.3. The van der Waals surface area contributed by atoms with Crippen molar-refractivity contribution in [1.82, 2.24) is 24.4 Å². The lowest BCUT2D eigenvalue weighted by Gasteiger charge is -2.34. The Bertz CT molecular complexity index is 949. The van der Waals surface area contributed by atoms with Gasteiger partial charge in [0, 0.05) is 45.1 Å². The molecule has 0 bridgehead atoms. The van der Waals surface area contributed by atoms with E-state index in [2.05, 4.69) is 46.2 Å². The van der Waals surface area contributed by atoms with E-state index in [0.29, 0.717) is 17.3 Å². The Morgan fingerprint density at radius 3 is 2.97 bits per heavy atom. The van der Waals surface area contributed by atoms with Crippen LogP contribution in [0.4, 0.5) is 0 Å². The Kier molecular flexibility index (Phi) is 5.90. The van der Waals surface area contributed by atoms with Gasteiger partial charge in [-0.25, -0.2) is 9.50 Å². The van der Waals surface area contributed by atoms with Gasteiger partial charge in [-0.05, 0) is 55.8 Å². The summed E-state index contributed by atoms with van der Waals surface area (Å²) < 4.78 is 1.65. The summed E-state index contributed by atoms with van der Waals surface area (Å²) in [5.74, 6) is 0.470. The molecule has 0 N–H and O–H groups in total. The van der Waals surface area contributed by atoms with E-state index in [9.17, 15) is 4.79 Å². The summed E-state index contributed by atoms with van der Waals surface area (Å²) in [7, 11) is 1.88. The second kappa shape index (κ2) is 8.74. The number of aromatic nitrogens is 3. The smallest absolute Gasteiger partial charge is 0.274 e. The fourth-order valence-electron chi connectivity index (χ4n) is 4.27. The quantitative estimate of drug-likeness (QED) is 0.648. The van der Waals surface area contributed by atoms with Crippen LogP contribution in [0.15, 0.2) is 48.8 Å². The standard InChI is InChI=1S/C23H29N5O/c1-18-7-3-4-9-20(18)10-14-27-12-5-8-19(17-27)16-26(2)23(29)21-15-22-24-11-6-13-28(22)25-21/h3-4,6-7,9,11,13,15,19H,5,8,10,12,14,16-17H2,1-2H3. The van der Waals surface area contributed by atoms with Crippen molar-refractivity contribution in [2.24, 2.45) is 5.92 Å². The summed E-state index contributed by atoms with van der Waals surface area (Å²) in [6.45, 7) is 6.23. The predicted molar refractivity (Wildman–Crippen MR) is 114 cm³/mol. The van der Waals surface area contributed by atoms with Crippen LogP contribution in [0.2, 0.25) is 0 Å². The van der Waals surface area contributed by atoms with E-state index >= 15 is 0 Å². The summed E-state index contributed by atoms with van der Waals surface area (Å²) in [6.07, 6.45) is 6.97. The van der Waals surface area contributed by atoms with E-state index in [0.717, 1.165) is 32.6 Å². The van der Waals surface area contributed by atoms with Gasteiger partial charge in [0.15, 0.2) is 11.3 Å². The molecule has 0 aliphatic carbocycles. The fraction of sp³-hybridized carbons (Fsp3) is 0.435. The van der Waals surface area contributed by atoms with Gasteiger partial charge in [0.05, 0.1) is 0 Å². The molecule has 0 spiro atoms. The third-order valence-electron chi connectivity index (χ3n) is 5.90. The third-order valence-corrected chi connectivity index (χ3v) is 5.90. The topological polar surface area (TPSA) is 53.7 Å². The number of benzene rings is 1. The van der Waals surface area contributed by atoms with E-state index in [1.807, 2.05) is 24.2 Å². The van der Waals surface area contributed by atoms with Crippen LogP contribution in [-0.2, 0) is 6.42 Å². The molecule has 152 valence electrons. The number of hydrogen-bond donors (Lipinski definition) is 0. The first kappa shape index (κ1) is 19.6.